The van der Waals surface area contributed by atoms with Gasteiger partial charge in [-0.15, -0.1) is 0 Å². The molecule has 1 fully saturated rings. The van der Waals surface area contributed by atoms with Crippen LogP contribution in [-0.2, 0) is 11.2 Å². The average molecular weight is 310 g/mol. The normalized spacial score (nSPS) is 30.0. The smallest absolute Gasteiger partial charge is 0.165 e. The third-order valence-electron chi connectivity index (χ3n) is 3.64. The van der Waals surface area contributed by atoms with Gasteiger partial charge in [0, 0.05) is 6.42 Å². The molecular weight excluding hydrogens is 292 g/mol. The van der Waals surface area contributed by atoms with Gasteiger partial charge in [0.05, 0.1) is 25.2 Å². The van der Waals surface area contributed by atoms with E-state index in [1.54, 1.807) is 6.92 Å². The van der Waals surface area contributed by atoms with Crippen molar-refractivity contribution in [3.8, 4) is 0 Å². The lowest BCUT2D eigenvalue weighted by Crippen LogP contribution is -2.33. The van der Waals surface area contributed by atoms with Crippen LogP contribution in [0.2, 0.25) is 0 Å². The third-order valence-corrected chi connectivity index (χ3v) is 3.64. The molecule has 0 spiro atoms. The Hall–Kier alpha value is -1.65. The first kappa shape index (κ1) is 15.3. The van der Waals surface area contributed by atoms with Crippen molar-refractivity contribution < 1.29 is 25.2 Å². The Morgan fingerprint density at radius 2 is 2.09 bits per heavy atom. The van der Waals surface area contributed by atoms with Crippen LogP contribution in [0.5, 0.6) is 0 Å². The van der Waals surface area contributed by atoms with Crippen molar-refractivity contribution in [3.05, 3.63) is 18.3 Å². The molecule has 22 heavy (non-hydrogen) atoms. The Morgan fingerprint density at radius 1 is 1.32 bits per heavy atom. The number of imidazole rings is 1. The van der Waals surface area contributed by atoms with E-state index in [1.807, 2.05) is 0 Å². The van der Waals surface area contributed by atoms with Crippen LogP contribution in [0.15, 0.2) is 12.5 Å². The van der Waals surface area contributed by atoms with Crippen LogP contribution in [-0.4, -0.2) is 71.0 Å². The van der Waals surface area contributed by atoms with Crippen LogP contribution < -0.4 is 0 Å². The maximum absolute atomic E-state index is 10.1. The number of hydrogen-bond donors (Lipinski definition) is 4. The molecule has 120 valence electrons. The van der Waals surface area contributed by atoms with Crippen molar-refractivity contribution in [2.45, 2.75) is 44.0 Å². The molecule has 2 aromatic rings. The van der Waals surface area contributed by atoms with Gasteiger partial charge in [-0.05, 0) is 6.92 Å². The fourth-order valence-corrected chi connectivity index (χ4v) is 2.52. The SMILES string of the molecule is CC(O)Cc1ncc2ncn([C@@H]3O[C@H](CO)[C@@H](O)[C@H]3O)c2n1. The lowest BCUT2D eigenvalue weighted by molar-refractivity contribution is -0.0511. The van der Waals surface area contributed by atoms with Gasteiger partial charge in [0.15, 0.2) is 11.9 Å². The molecule has 0 radical (unpaired) electrons. The Kier molecular flexibility index (Phi) is 4.06. The second kappa shape index (κ2) is 5.86. The van der Waals surface area contributed by atoms with Gasteiger partial charge in [-0.25, -0.2) is 15.0 Å². The number of aliphatic hydroxyl groups is 4. The summed E-state index contributed by atoms with van der Waals surface area (Å²) in [6.45, 7) is 1.24. The number of ether oxygens (including phenoxy) is 1. The van der Waals surface area contributed by atoms with Crippen LogP contribution in [0.3, 0.4) is 0 Å². The molecule has 1 aliphatic rings. The zero-order chi connectivity index (χ0) is 15.9. The molecule has 3 rings (SSSR count). The van der Waals surface area contributed by atoms with Gasteiger partial charge in [-0.1, -0.05) is 0 Å². The minimum absolute atomic E-state index is 0.289. The van der Waals surface area contributed by atoms with Gasteiger partial charge in [0.1, 0.15) is 29.7 Å². The lowest BCUT2D eigenvalue weighted by Gasteiger charge is -2.16. The van der Waals surface area contributed by atoms with E-state index < -0.39 is 37.3 Å². The van der Waals surface area contributed by atoms with Gasteiger partial charge in [0.25, 0.3) is 0 Å². The van der Waals surface area contributed by atoms with Crippen molar-refractivity contribution in [1.29, 1.82) is 0 Å². The van der Waals surface area contributed by atoms with E-state index in [-0.39, 0.29) is 6.42 Å². The topological polar surface area (TPSA) is 134 Å². The molecule has 2 aromatic heterocycles. The molecule has 0 aromatic carbocycles. The Balaban J connectivity index is 1.97. The third kappa shape index (κ3) is 2.57. The zero-order valence-corrected chi connectivity index (χ0v) is 11.9. The monoisotopic (exact) mass is 310 g/mol. The van der Waals surface area contributed by atoms with Crippen molar-refractivity contribution >= 4 is 11.2 Å². The first-order valence-corrected chi connectivity index (χ1v) is 7.00. The highest BCUT2D eigenvalue weighted by molar-refractivity contribution is 5.69. The van der Waals surface area contributed by atoms with Crippen LogP contribution >= 0.6 is 0 Å². The summed E-state index contributed by atoms with van der Waals surface area (Å²) in [7, 11) is 0. The maximum Gasteiger partial charge on any atom is 0.165 e. The second-order valence-corrected chi connectivity index (χ2v) is 5.43. The number of aliphatic hydroxyl groups excluding tert-OH is 4. The minimum atomic E-state index is -1.20. The minimum Gasteiger partial charge on any atom is -0.394 e. The van der Waals surface area contributed by atoms with E-state index in [0.717, 1.165) is 0 Å². The largest absolute Gasteiger partial charge is 0.394 e. The Morgan fingerprint density at radius 3 is 2.73 bits per heavy atom. The quantitative estimate of drug-likeness (QED) is 0.528. The molecule has 0 amide bonds. The van der Waals surface area contributed by atoms with Crippen LogP contribution in [0.4, 0.5) is 0 Å². The zero-order valence-electron chi connectivity index (χ0n) is 11.9. The summed E-state index contributed by atoms with van der Waals surface area (Å²) in [5, 5.41) is 38.5. The van der Waals surface area contributed by atoms with E-state index in [4.69, 9.17) is 9.84 Å². The van der Waals surface area contributed by atoms with Crippen molar-refractivity contribution in [2.75, 3.05) is 6.61 Å². The Labute approximate surface area is 125 Å². The first-order chi connectivity index (χ1) is 10.5. The predicted molar refractivity (Wildman–Crippen MR) is 73.7 cm³/mol. The number of hydrogen-bond acceptors (Lipinski definition) is 8. The molecule has 9 nitrogen and oxygen atoms in total. The lowest BCUT2D eigenvalue weighted by atomic mass is 10.1. The predicted octanol–water partition coefficient (Wildman–Crippen LogP) is -1.64. The molecule has 1 aliphatic heterocycles. The van der Waals surface area contributed by atoms with Gasteiger partial charge in [0.2, 0.25) is 0 Å². The molecule has 0 bridgehead atoms. The van der Waals surface area contributed by atoms with E-state index in [9.17, 15) is 15.3 Å². The van der Waals surface area contributed by atoms with Gasteiger partial charge in [-0.2, -0.15) is 0 Å². The molecule has 1 saturated heterocycles. The Bertz CT molecular complexity index is 661. The highest BCUT2D eigenvalue weighted by Crippen LogP contribution is 2.31. The summed E-state index contributed by atoms with van der Waals surface area (Å²) in [6, 6.07) is 0. The first-order valence-electron chi connectivity index (χ1n) is 7.00. The number of fused-ring (bicyclic) bond motifs is 1. The summed E-state index contributed by atoms with van der Waals surface area (Å²) < 4.78 is 6.96. The second-order valence-electron chi connectivity index (χ2n) is 5.43. The molecular formula is C13H18N4O5. The van der Waals surface area contributed by atoms with E-state index in [1.165, 1.54) is 17.1 Å². The van der Waals surface area contributed by atoms with E-state index >= 15 is 0 Å². The maximum atomic E-state index is 10.1. The van der Waals surface area contributed by atoms with Gasteiger partial charge < -0.3 is 25.2 Å². The summed E-state index contributed by atoms with van der Waals surface area (Å²) in [4.78, 5) is 12.6. The molecule has 9 heteroatoms. The fraction of sp³-hybridized carbons (Fsp3) is 0.615. The number of rotatable bonds is 4. The highest BCUT2D eigenvalue weighted by atomic mass is 16.6. The fourth-order valence-electron chi connectivity index (χ4n) is 2.52. The average Bonchev–Trinajstić information content (AvgIpc) is 3.01. The van der Waals surface area contributed by atoms with Crippen LogP contribution in [0, 0.1) is 0 Å². The van der Waals surface area contributed by atoms with Crippen LogP contribution in [0.25, 0.3) is 11.2 Å². The number of aromatic nitrogens is 4. The van der Waals surface area contributed by atoms with Gasteiger partial charge in [-0.3, -0.25) is 4.57 Å². The van der Waals surface area contributed by atoms with Crippen molar-refractivity contribution in [2.24, 2.45) is 0 Å². The van der Waals surface area contributed by atoms with Crippen molar-refractivity contribution in [1.82, 2.24) is 19.5 Å². The highest BCUT2D eigenvalue weighted by Gasteiger charge is 2.43. The molecule has 5 atom stereocenters. The summed E-state index contributed by atoms with van der Waals surface area (Å²) in [6.07, 6.45) is -1.48. The summed E-state index contributed by atoms with van der Waals surface area (Å²) >= 11 is 0. The standard InChI is InChI=1S/C13H18N4O5/c1-6(19)2-9-14-3-7-12(16-9)17(5-15-7)13-11(21)10(20)8(4-18)22-13/h3,5-6,8,10-11,13,18-21H,2,4H2,1H3/t6?,8-,10-,11-,13-/m1/s1. The van der Waals surface area contributed by atoms with E-state index in [0.29, 0.717) is 17.0 Å². The summed E-state index contributed by atoms with van der Waals surface area (Å²) in [5.41, 5.74) is 0.938. The molecule has 3 heterocycles. The van der Waals surface area contributed by atoms with Crippen molar-refractivity contribution in [3.63, 3.8) is 0 Å². The molecule has 1 unspecified atom stereocenters. The molecule has 0 saturated carbocycles. The molecule has 4 N–H and O–H groups in total. The molecule has 0 aliphatic carbocycles. The van der Waals surface area contributed by atoms with Gasteiger partial charge >= 0.3 is 0 Å². The van der Waals surface area contributed by atoms with E-state index in [2.05, 4.69) is 15.0 Å². The van der Waals surface area contributed by atoms with Crippen LogP contribution in [0.1, 0.15) is 19.0 Å². The number of nitrogens with zero attached hydrogens (tertiary/aromatic N) is 4. The summed E-state index contributed by atoms with van der Waals surface area (Å²) in [5.74, 6) is 0.441.